The van der Waals surface area contributed by atoms with Gasteiger partial charge in [-0.2, -0.15) is 0 Å². The van der Waals surface area contributed by atoms with Crippen molar-refractivity contribution >= 4 is 11.9 Å². The molecule has 1 saturated heterocycles. The van der Waals surface area contributed by atoms with Gasteiger partial charge in [0.15, 0.2) is 0 Å². The molecule has 142 valence electrons. The van der Waals surface area contributed by atoms with Crippen LogP contribution < -0.4 is 11.3 Å². The Hall–Kier alpha value is -2.67. The van der Waals surface area contributed by atoms with Crippen molar-refractivity contribution in [3.05, 3.63) is 58.0 Å². The number of likely N-dealkylation sites (tertiary alicyclic amines) is 1. The topological polar surface area (TPSA) is 95.3 Å². The normalized spacial score (nSPS) is 24.4. The molecule has 3 atom stereocenters. The number of aromatic amines is 1. The molecule has 0 bridgehead atoms. The summed E-state index contributed by atoms with van der Waals surface area (Å²) in [5.41, 5.74) is 7.29. The average molecular weight is 367 g/mol. The first-order valence-electron chi connectivity index (χ1n) is 9.41. The van der Waals surface area contributed by atoms with Gasteiger partial charge >= 0.3 is 0 Å². The van der Waals surface area contributed by atoms with Crippen LogP contribution in [-0.2, 0) is 11.3 Å². The number of nitrogens with zero attached hydrogens (tertiary/aromatic N) is 3. The first-order chi connectivity index (χ1) is 13.0. The molecular formula is C20H25N5O2. The molecule has 1 aliphatic heterocycles. The van der Waals surface area contributed by atoms with Gasteiger partial charge in [0.2, 0.25) is 11.9 Å². The number of likely N-dealkylation sites (N-methyl/N-ethyl adjacent to an activating group) is 1. The van der Waals surface area contributed by atoms with Gasteiger partial charge in [0.25, 0.3) is 5.56 Å². The third-order valence-electron chi connectivity index (χ3n) is 5.66. The molecule has 2 fully saturated rings. The number of carbonyl (C=O) groups is 1. The predicted octanol–water partition coefficient (Wildman–Crippen LogP) is 1.19. The molecule has 0 spiro atoms. The highest BCUT2D eigenvalue weighted by Gasteiger charge is 2.46. The van der Waals surface area contributed by atoms with Gasteiger partial charge in [-0.15, -0.1) is 0 Å². The van der Waals surface area contributed by atoms with E-state index in [0.717, 1.165) is 25.9 Å². The zero-order chi connectivity index (χ0) is 19.0. The summed E-state index contributed by atoms with van der Waals surface area (Å²) in [7, 11) is 2.00. The number of hydrogen-bond acceptors (Lipinski definition) is 5. The van der Waals surface area contributed by atoms with Crippen molar-refractivity contribution in [1.29, 1.82) is 0 Å². The van der Waals surface area contributed by atoms with Crippen molar-refractivity contribution < 1.29 is 4.79 Å². The standard InChI is InChI=1S/C20H25N5O2/c1-24(11-14-9-18(26)23-20(21)22-14)15-7-8-25(12-15)19(27)17-10-16(17)13-5-3-2-4-6-13/h2-6,9,15-17H,7-8,10-12H2,1H3,(H3,21,22,23,26)/t15-,16-,17-/m1/s1. The first kappa shape index (κ1) is 17.7. The first-order valence-corrected chi connectivity index (χ1v) is 9.41. The molecule has 27 heavy (non-hydrogen) atoms. The summed E-state index contributed by atoms with van der Waals surface area (Å²) in [6.07, 6.45) is 1.89. The largest absolute Gasteiger partial charge is 0.369 e. The Morgan fingerprint density at radius 1 is 1.37 bits per heavy atom. The lowest BCUT2D eigenvalue weighted by Crippen LogP contribution is -2.37. The zero-order valence-corrected chi connectivity index (χ0v) is 15.5. The molecule has 1 aliphatic carbocycles. The number of amides is 1. The van der Waals surface area contributed by atoms with Crippen molar-refractivity contribution in [1.82, 2.24) is 19.8 Å². The summed E-state index contributed by atoms with van der Waals surface area (Å²) >= 11 is 0. The Labute approximate surface area is 158 Å². The van der Waals surface area contributed by atoms with Crippen LogP contribution in [0.1, 0.15) is 30.0 Å². The number of nitrogen functional groups attached to an aromatic ring is 1. The Morgan fingerprint density at radius 2 is 2.15 bits per heavy atom. The van der Waals surface area contributed by atoms with Gasteiger partial charge in [0.05, 0.1) is 5.69 Å². The summed E-state index contributed by atoms with van der Waals surface area (Å²) < 4.78 is 0. The molecule has 0 unspecified atom stereocenters. The predicted molar refractivity (Wildman–Crippen MR) is 103 cm³/mol. The van der Waals surface area contributed by atoms with Crippen LogP contribution in [0.2, 0.25) is 0 Å². The number of aromatic nitrogens is 2. The van der Waals surface area contributed by atoms with Crippen LogP contribution in [0.3, 0.4) is 0 Å². The average Bonchev–Trinajstić information content (AvgIpc) is 3.28. The van der Waals surface area contributed by atoms with Gasteiger partial charge in [0, 0.05) is 37.7 Å². The summed E-state index contributed by atoms with van der Waals surface area (Å²) in [5.74, 6) is 0.914. The summed E-state index contributed by atoms with van der Waals surface area (Å²) in [6.45, 7) is 2.06. The molecule has 3 N–H and O–H groups in total. The van der Waals surface area contributed by atoms with Crippen molar-refractivity contribution in [3.8, 4) is 0 Å². The number of rotatable bonds is 5. The van der Waals surface area contributed by atoms with Gasteiger partial charge in [-0.3, -0.25) is 19.5 Å². The molecule has 1 amide bonds. The number of hydrogen-bond donors (Lipinski definition) is 2. The quantitative estimate of drug-likeness (QED) is 0.828. The SMILES string of the molecule is CN(Cc1cc(=O)[nH]c(N)n1)[C@@H]1CCN(C(=O)[C@@H]2C[C@@H]2c2ccccc2)C1. The fourth-order valence-electron chi connectivity index (χ4n) is 4.07. The Balaban J connectivity index is 1.33. The highest BCUT2D eigenvalue weighted by Crippen LogP contribution is 2.48. The second-order valence-electron chi connectivity index (χ2n) is 7.62. The van der Waals surface area contributed by atoms with E-state index in [1.807, 2.05) is 30.1 Å². The summed E-state index contributed by atoms with van der Waals surface area (Å²) in [4.78, 5) is 35.2. The van der Waals surface area contributed by atoms with Crippen molar-refractivity contribution in [2.45, 2.75) is 31.3 Å². The van der Waals surface area contributed by atoms with E-state index in [-0.39, 0.29) is 29.4 Å². The van der Waals surface area contributed by atoms with Crippen LogP contribution in [0.5, 0.6) is 0 Å². The zero-order valence-electron chi connectivity index (χ0n) is 15.5. The molecule has 4 rings (SSSR count). The van der Waals surface area contributed by atoms with E-state index >= 15 is 0 Å². The van der Waals surface area contributed by atoms with Gasteiger partial charge in [-0.25, -0.2) is 4.98 Å². The Kier molecular flexibility index (Phi) is 4.70. The van der Waals surface area contributed by atoms with Crippen LogP contribution in [0.4, 0.5) is 5.95 Å². The van der Waals surface area contributed by atoms with Crippen LogP contribution in [0.25, 0.3) is 0 Å². The Morgan fingerprint density at radius 3 is 2.89 bits per heavy atom. The molecule has 7 nitrogen and oxygen atoms in total. The maximum absolute atomic E-state index is 12.8. The summed E-state index contributed by atoms with van der Waals surface area (Å²) in [5, 5.41) is 0. The van der Waals surface area contributed by atoms with Crippen LogP contribution in [-0.4, -0.2) is 51.9 Å². The fraction of sp³-hybridized carbons (Fsp3) is 0.450. The second kappa shape index (κ2) is 7.15. The molecule has 2 aromatic rings. The number of benzene rings is 1. The van der Waals surface area contributed by atoms with E-state index in [9.17, 15) is 9.59 Å². The lowest BCUT2D eigenvalue weighted by atomic mass is 10.1. The van der Waals surface area contributed by atoms with Crippen LogP contribution in [0.15, 0.2) is 41.2 Å². The molecule has 2 aliphatic rings. The van der Waals surface area contributed by atoms with E-state index in [2.05, 4.69) is 27.0 Å². The number of nitrogens with two attached hydrogens (primary N) is 1. The van der Waals surface area contributed by atoms with Crippen LogP contribution >= 0.6 is 0 Å². The highest BCUT2D eigenvalue weighted by atomic mass is 16.2. The molecule has 1 aromatic heterocycles. The minimum Gasteiger partial charge on any atom is -0.369 e. The second-order valence-corrected chi connectivity index (χ2v) is 7.62. The molecule has 7 heteroatoms. The van der Waals surface area contributed by atoms with E-state index in [1.165, 1.54) is 11.6 Å². The van der Waals surface area contributed by atoms with Crippen LogP contribution in [0, 0.1) is 5.92 Å². The van der Waals surface area contributed by atoms with Crippen molar-refractivity contribution in [2.24, 2.45) is 5.92 Å². The minimum atomic E-state index is -0.241. The van der Waals surface area contributed by atoms with Gasteiger partial charge < -0.3 is 10.6 Å². The number of carbonyl (C=O) groups excluding carboxylic acids is 1. The fourth-order valence-corrected chi connectivity index (χ4v) is 4.07. The minimum absolute atomic E-state index is 0.130. The van der Waals surface area contributed by atoms with Crippen molar-refractivity contribution in [2.75, 3.05) is 25.9 Å². The molecule has 1 aromatic carbocycles. The van der Waals surface area contributed by atoms with E-state index in [4.69, 9.17) is 5.73 Å². The van der Waals surface area contributed by atoms with E-state index in [1.54, 1.807) is 0 Å². The number of H-pyrrole nitrogens is 1. The molecular weight excluding hydrogens is 342 g/mol. The Bertz CT molecular complexity index is 881. The van der Waals surface area contributed by atoms with Crippen molar-refractivity contribution in [3.63, 3.8) is 0 Å². The lowest BCUT2D eigenvalue weighted by molar-refractivity contribution is -0.131. The smallest absolute Gasteiger partial charge is 0.252 e. The number of anilines is 1. The highest BCUT2D eigenvalue weighted by molar-refractivity contribution is 5.83. The maximum atomic E-state index is 12.8. The monoisotopic (exact) mass is 367 g/mol. The van der Waals surface area contributed by atoms with Gasteiger partial charge in [-0.1, -0.05) is 30.3 Å². The molecule has 1 saturated carbocycles. The third-order valence-corrected chi connectivity index (χ3v) is 5.66. The molecule has 2 heterocycles. The van der Waals surface area contributed by atoms with E-state index in [0.29, 0.717) is 18.2 Å². The summed E-state index contributed by atoms with van der Waals surface area (Å²) in [6, 6.07) is 12.0. The number of nitrogens with one attached hydrogen (secondary N) is 1. The molecule has 0 radical (unpaired) electrons. The van der Waals surface area contributed by atoms with E-state index < -0.39 is 0 Å². The third kappa shape index (κ3) is 3.88. The van der Waals surface area contributed by atoms with Gasteiger partial charge in [0.1, 0.15) is 0 Å². The lowest BCUT2D eigenvalue weighted by Gasteiger charge is -2.24. The van der Waals surface area contributed by atoms with Gasteiger partial charge in [-0.05, 0) is 31.4 Å². The maximum Gasteiger partial charge on any atom is 0.252 e.